The molecule has 1 aliphatic rings. The summed E-state index contributed by atoms with van der Waals surface area (Å²) in [5.41, 5.74) is 0.679. The molecule has 1 N–H and O–H groups in total. The van der Waals surface area contributed by atoms with Gasteiger partial charge in [-0.25, -0.2) is 4.98 Å². The molecule has 0 radical (unpaired) electrons. The molecule has 1 aromatic heterocycles. The lowest BCUT2D eigenvalue weighted by molar-refractivity contribution is -0.119. The highest BCUT2D eigenvalue weighted by Gasteiger charge is 2.17. The molecule has 1 saturated carbocycles. The van der Waals surface area contributed by atoms with Crippen LogP contribution < -0.4 is 10.9 Å². The van der Waals surface area contributed by atoms with Gasteiger partial charge in [-0.3, -0.25) is 14.2 Å². The van der Waals surface area contributed by atoms with Gasteiger partial charge in [0.1, 0.15) is 0 Å². The van der Waals surface area contributed by atoms with Crippen molar-refractivity contribution in [3.63, 3.8) is 0 Å². The number of carbonyl (C=O) groups is 1. The van der Waals surface area contributed by atoms with Gasteiger partial charge in [0.25, 0.3) is 5.56 Å². The van der Waals surface area contributed by atoms with E-state index in [-0.39, 0.29) is 11.5 Å². The summed E-state index contributed by atoms with van der Waals surface area (Å²) in [6, 6.07) is 7.73. The average molecular weight is 402 g/mol. The Labute approximate surface area is 171 Å². The second kappa shape index (κ2) is 10.1. The average Bonchev–Trinajstić information content (AvgIpc) is 2.94. The van der Waals surface area contributed by atoms with Crippen LogP contribution in [0.3, 0.4) is 0 Å². The smallest absolute Gasteiger partial charge is 0.262 e. The van der Waals surface area contributed by atoms with Crippen LogP contribution in [0.4, 0.5) is 0 Å². The maximum Gasteiger partial charge on any atom is 0.262 e. The van der Waals surface area contributed by atoms with Crippen molar-refractivity contribution in [1.29, 1.82) is 0 Å². The van der Waals surface area contributed by atoms with E-state index in [4.69, 9.17) is 4.98 Å². The topological polar surface area (TPSA) is 64.0 Å². The molecule has 0 aliphatic heterocycles. The highest BCUT2D eigenvalue weighted by Crippen LogP contribution is 2.20. The SMILES string of the molecule is CC(C)CCn1c(SCC(=O)NC2CCCCCC2)nc2ccccc2c1=O. The highest BCUT2D eigenvalue weighted by atomic mass is 32.2. The Morgan fingerprint density at radius 1 is 1.21 bits per heavy atom. The molecular formula is C22H31N3O2S. The number of nitrogens with zero attached hydrogens (tertiary/aromatic N) is 2. The number of hydrogen-bond donors (Lipinski definition) is 1. The van der Waals surface area contributed by atoms with Crippen molar-refractivity contribution in [2.24, 2.45) is 5.92 Å². The van der Waals surface area contributed by atoms with Crippen molar-refractivity contribution >= 4 is 28.6 Å². The molecule has 1 fully saturated rings. The quantitative estimate of drug-likeness (QED) is 0.425. The molecule has 2 aromatic rings. The van der Waals surface area contributed by atoms with Gasteiger partial charge in [0.05, 0.1) is 16.7 Å². The van der Waals surface area contributed by atoms with E-state index in [1.54, 1.807) is 4.57 Å². The van der Waals surface area contributed by atoms with E-state index >= 15 is 0 Å². The van der Waals surface area contributed by atoms with E-state index in [0.29, 0.717) is 40.3 Å². The van der Waals surface area contributed by atoms with Crippen LogP contribution in [0.2, 0.25) is 0 Å². The lowest BCUT2D eigenvalue weighted by Crippen LogP contribution is -2.35. The fourth-order valence-corrected chi connectivity index (χ4v) is 4.50. The van der Waals surface area contributed by atoms with Crippen LogP contribution in [-0.2, 0) is 11.3 Å². The molecule has 28 heavy (non-hydrogen) atoms. The monoisotopic (exact) mass is 401 g/mol. The van der Waals surface area contributed by atoms with Crippen LogP contribution in [0, 0.1) is 5.92 Å². The number of aromatic nitrogens is 2. The van der Waals surface area contributed by atoms with Gasteiger partial charge in [0.15, 0.2) is 5.16 Å². The number of thioether (sulfide) groups is 1. The number of rotatable bonds is 7. The van der Waals surface area contributed by atoms with Crippen molar-refractivity contribution in [2.75, 3.05) is 5.75 Å². The van der Waals surface area contributed by atoms with Crippen molar-refractivity contribution in [1.82, 2.24) is 14.9 Å². The van der Waals surface area contributed by atoms with Crippen LogP contribution in [-0.4, -0.2) is 27.3 Å². The first kappa shape index (κ1) is 20.9. The van der Waals surface area contributed by atoms with E-state index in [1.165, 1.54) is 37.4 Å². The number of nitrogens with one attached hydrogen (secondary N) is 1. The summed E-state index contributed by atoms with van der Waals surface area (Å²) in [7, 11) is 0. The molecule has 1 amide bonds. The molecule has 0 unspecified atom stereocenters. The van der Waals surface area contributed by atoms with Crippen LogP contribution in [0.15, 0.2) is 34.2 Å². The Morgan fingerprint density at radius 3 is 2.64 bits per heavy atom. The number of benzene rings is 1. The van der Waals surface area contributed by atoms with Gasteiger partial charge in [0.2, 0.25) is 5.91 Å². The largest absolute Gasteiger partial charge is 0.353 e. The fraction of sp³-hybridized carbons (Fsp3) is 0.591. The summed E-state index contributed by atoms with van der Waals surface area (Å²) in [6.45, 7) is 4.92. The van der Waals surface area contributed by atoms with Gasteiger partial charge in [-0.15, -0.1) is 0 Å². The third-order valence-corrected chi connectivity index (χ3v) is 6.29. The van der Waals surface area contributed by atoms with Crippen LogP contribution in [0.1, 0.15) is 58.8 Å². The zero-order chi connectivity index (χ0) is 19.9. The predicted molar refractivity (Wildman–Crippen MR) is 116 cm³/mol. The minimum atomic E-state index is -0.0158. The van der Waals surface area contributed by atoms with E-state index < -0.39 is 0 Å². The van der Waals surface area contributed by atoms with Gasteiger partial charge in [0, 0.05) is 12.6 Å². The number of carbonyl (C=O) groups excluding carboxylic acids is 1. The van der Waals surface area contributed by atoms with E-state index in [1.807, 2.05) is 24.3 Å². The van der Waals surface area contributed by atoms with Crippen LogP contribution in [0.25, 0.3) is 10.9 Å². The van der Waals surface area contributed by atoms with Gasteiger partial charge in [-0.1, -0.05) is 63.4 Å². The summed E-state index contributed by atoms with van der Waals surface area (Å²) >= 11 is 1.37. The molecular weight excluding hydrogens is 370 g/mol. The second-order valence-electron chi connectivity index (χ2n) is 8.10. The Kier molecular flexibility index (Phi) is 7.54. The molecule has 1 aromatic carbocycles. The molecule has 1 aliphatic carbocycles. The first-order valence-electron chi connectivity index (χ1n) is 10.5. The van der Waals surface area contributed by atoms with Gasteiger partial charge >= 0.3 is 0 Å². The summed E-state index contributed by atoms with van der Waals surface area (Å²) in [5.74, 6) is 0.827. The molecule has 0 saturated heterocycles. The second-order valence-corrected chi connectivity index (χ2v) is 9.04. The third kappa shape index (κ3) is 5.60. The number of para-hydroxylation sites is 1. The Hall–Kier alpha value is -1.82. The zero-order valence-electron chi connectivity index (χ0n) is 16.9. The molecule has 5 nitrogen and oxygen atoms in total. The molecule has 3 rings (SSSR count). The Balaban J connectivity index is 1.74. The van der Waals surface area contributed by atoms with Gasteiger partial charge in [-0.2, -0.15) is 0 Å². The summed E-state index contributed by atoms with van der Waals surface area (Å²) < 4.78 is 1.74. The molecule has 0 spiro atoms. The zero-order valence-corrected chi connectivity index (χ0v) is 17.8. The van der Waals surface area contributed by atoms with Crippen molar-refractivity contribution in [3.05, 3.63) is 34.6 Å². The maximum absolute atomic E-state index is 13.0. The first-order valence-corrected chi connectivity index (χ1v) is 11.4. The first-order chi connectivity index (χ1) is 13.5. The van der Waals surface area contributed by atoms with Gasteiger partial charge in [-0.05, 0) is 37.3 Å². The number of amides is 1. The molecule has 1 heterocycles. The third-order valence-electron chi connectivity index (χ3n) is 5.31. The van der Waals surface area contributed by atoms with E-state index in [2.05, 4.69) is 19.2 Å². The highest BCUT2D eigenvalue weighted by molar-refractivity contribution is 7.99. The standard InChI is InChI=1S/C22H31N3O2S/c1-16(2)13-14-25-21(27)18-11-7-8-12-19(18)24-22(25)28-15-20(26)23-17-9-5-3-4-6-10-17/h7-8,11-12,16-17H,3-6,9-10,13-15H2,1-2H3,(H,23,26). The normalized spacial score (nSPS) is 15.7. The summed E-state index contributed by atoms with van der Waals surface area (Å²) in [5, 5.41) is 4.45. The maximum atomic E-state index is 13.0. The summed E-state index contributed by atoms with van der Waals surface area (Å²) in [6.07, 6.45) is 7.97. The Morgan fingerprint density at radius 2 is 1.93 bits per heavy atom. The van der Waals surface area contributed by atoms with Crippen LogP contribution in [0.5, 0.6) is 0 Å². The lowest BCUT2D eigenvalue weighted by Gasteiger charge is -2.17. The Bertz CT molecular complexity index is 854. The molecule has 0 bridgehead atoms. The predicted octanol–water partition coefficient (Wildman–Crippen LogP) is 4.37. The molecule has 6 heteroatoms. The number of fused-ring (bicyclic) bond motifs is 1. The summed E-state index contributed by atoms with van der Waals surface area (Å²) in [4.78, 5) is 30.1. The van der Waals surface area contributed by atoms with E-state index in [0.717, 1.165) is 19.3 Å². The minimum Gasteiger partial charge on any atom is -0.353 e. The molecule has 0 atom stereocenters. The minimum absolute atomic E-state index is 0.0158. The molecule has 152 valence electrons. The van der Waals surface area contributed by atoms with Crippen molar-refractivity contribution < 1.29 is 4.79 Å². The number of hydrogen-bond acceptors (Lipinski definition) is 4. The van der Waals surface area contributed by atoms with Crippen LogP contribution >= 0.6 is 11.8 Å². The van der Waals surface area contributed by atoms with E-state index in [9.17, 15) is 9.59 Å². The van der Waals surface area contributed by atoms with Crippen molar-refractivity contribution in [2.45, 2.75) is 76.5 Å². The lowest BCUT2D eigenvalue weighted by atomic mass is 10.1. The van der Waals surface area contributed by atoms with Crippen molar-refractivity contribution in [3.8, 4) is 0 Å². The van der Waals surface area contributed by atoms with Gasteiger partial charge < -0.3 is 5.32 Å². The fourth-order valence-electron chi connectivity index (χ4n) is 3.67.